The molecule has 1 saturated heterocycles. The summed E-state index contributed by atoms with van der Waals surface area (Å²) >= 11 is 0. The van der Waals surface area contributed by atoms with Crippen LogP contribution in [0.2, 0.25) is 0 Å². The molecule has 2 unspecified atom stereocenters. The van der Waals surface area contributed by atoms with Gasteiger partial charge in [-0.05, 0) is 33.2 Å². The van der Waals surface area contributed by atoms with Crippen molar-refractivity contribution in [1.29, 1.82) is 0 Å². The summed E-state index contributed by atoms with van der Waals surface area (Å²) in [6.07, 6.45) is 4.50. The smallest absolute Gasteiger partial charge is 0.262 e. The lowest BCUT2D eigenvalue weighted by Crippen LogP contribution is -2.53. The summed E-state index contributed by atoms with van der Waals surface area (Å²) in [6.45, 7) is 7.34. The van der Waals surface area contributed by atoms with E-state index in [1.807, 2.05) is 20.9 Å². The van der Waals surface area contributed by atoms with Crippen molar-refractivity contribution < 1.29 is 8.42 Å². The van der Waals surface area contributed by atoms with Crippen molar-refractivity contribution in [1.82, 2.24) is 19.2 Å². The number of hydrogen-bond acceptors (Lipinski definition) is 4. The van der Waals surface area contributed by atoms with Crippen molar-refractivity contribution in [2.75, 3.05) is 13.1 Å². The molecule has 1 aliphatic heterocycles. The maximum absolute atomic E-state index is 12.9. The fourth-order valence-electron chi connectivity index (χ4n) is 2.96. The van der Waals surface area contributed by atoms with Gasteiger partial charge >= 0.3 is 0 Å². The molecule has 1 aliphatic rings. The molecule has 0 amide bonds. The van der Waals surface area contributed by atoms with Crippen LogP contribution in [0.3, 0.4) is 0 Å². The largest absolute Gasteiger partial charge is 0.337 e. The summed E-state index contributed by atoms with van der Waals surface area (Å²) in [7, 11) is -1.70. The molecule has 7 heteroatoms. The van der Waals surface area contributed by atoms with Crippen molar-refractivity contribution >= 4 is 10.0 Å². The highest BCUT2D eigenvalue weighted by atomic mass is 32.2. The maximum Gasteiger partial charge on any atom is 0.262 e. The van der Waals surface area contributed by atoms with Gasteiger partial charge in [-0.2, -0.15) is 4.31 Å². The maximum atomic E-state index is 12.9. The molecule has 0 bridgehead atoms. The Labute approximate surface area is 127 Å². The van der Waals surface area contributed by atoms with Gasteiger partial charge in [-0.3, -0.25) is 0 Å². The van der Waals surface area contributed by atoms with Crippen LogP contribution < -0.4 is 5.32 Å². The van der Waals surface area contributed by atoms with Crippen molar-refractivity contribution in [3.05, 3.63) is 12.0 Å². The summed E-state index contributed by atoms with van der Waals surface area (Å²) in [5.74, 6) is 0.710. The standard InChI is InChI=1S/C14H26N4O2S/c1-5-15-11(2)13-8-6-7-9-18(13)21(19,20)14-10-17(4)12(3)16-14/h10-11,13,15H,5-9H2,1-4H3. The summed E-state index contributed by atoms with van der Waals surface area (Å²) in [4.78, 5) is 4.21. The van der Waals surface area contributed by atoms with E-state index >= 15 is 0 Å². The van der Waals surface area contributed by atoms with Gasteiger partial charge in [-0.25, -0.2) is 13.4 Å². The third-order valence-corrected chi connectivity index (χ3v) is 6.06. The zero-order valence-corrected chi connectivity index (χ0v) is 14.2. The fourth-order valence-corrected chi connectivity index (χ4v) is 4.75. The van der Waals surface area contributed by atoms with Crippen LogP contribution in [0.25, 0.3) is 0 Å². The van der Waals surface area contributed by atoms with Gasteiger partial charge in [0.25, 0.3) is 10.0 Å². The van der Waals surface area contributed by atoms with Crippen LogP contribution in [-0.2, 0) is 17.1 Å². The van der Waals surface area contributed by atoms with E-state index in [1.54, 1.807) is 15.1 Å². The lowest BCUT2D eigenvalue weighted by Gasteiger charge is -2.38. The van der Waals surface area contributed by atoms with Gasteiger partial charge in [0.1, 0.15) is 5.82 Å². The molecule has 2 rings (SSSR count). The lowest BCUT2D eigenvalue weighted by atomic mass is 9.99. The molecule has 2 heterocycles. The van der Waals surface area contributed by atoms with E-state index in [9.17, 15) is 8.42 Å². The zero-order chi connectivity index (χ0) is 15.6. The second kappa shape index (κ2) is 6.46. The zero-order valence-electron chi connectivity index (χ0n) is 13.3. The van der Waals surface area contributed by atoms with Gasteiger partial charge in [0, 0.05) is 31.9 Å². The van der Waals surface area contributed by atoms with Crippen molar-refractivity contribution in [3.63, 3.8) is 0 Å². The number of nitrogens with one attached hydrogen (secondary N) is 1. The number of piperidine rings is 1. The van der Waals surface area contributed by atoms with E-state index in [-0.39, 0.29) is 17.1 Å². The molecule has 6 nitrogen and oxygen atoms in total. The highest BCUT2D eigenvalue weighted by Crippen LogP contribution is 2.26. The van der Waals surface area contributed by atoms with Gasteiger partial charge in [0.2, 0.25) is 0 Å². The van der Waals surface area contributed by atoms with Crippen molar-refractivity contribution in [2.45, 2.75) is 57.1 Å². The van der Waals surface area contributed by atoms with E-state index in [0.717, 1.165) is 25.8 Å². The molecule has 1 aromatic heterocycles. The predicted octanol–water partition coefficient (Wildman–Crippen LogP) is 1.27. The van der Waals surface area contributed by atoms with Crippen molar-refractivity contribution in [2.24, 2.45) is 7.05 Å². The fraction of sp³-hybridized carbons (Fsp3) is 0.786. The molecule has 0 aliphatic carbocycles. The lowest BCUT2D eigenvalue weighted by molar-refractivity contribution is 0.209. The summed E-state index contributed by atoms with van der Waals surface area (Å²) < 4.78 is 29.2. The first-order valence-electron chi connectivity index (χ1n) is 7.63. The minimum atomic E-state index is -3.51. The molecule has 0 saturated carbocycles. The van der Waals surface area contributed by atoms with E-state index < -0.39 is 10.0 Å². The minimum absolute atomic E-state index is 0.00557. The topological polar surface area (TPSA) is 67.2 Å². The summed E-state index contributed by atoms with van der Waals surface area (Å²) in [5.41, 5.74) is 0. The average molecular weight is 314 g/mol. The highest BCUT2D eigenvalue weighted by molar-refractivity contribution is 7.89. The average Bonchev–Trinajstić information content (AvgIpc) is 2.80. The number of nitrogens with zero attached hydrogens (tertiary/aromatic N) is 3. The van der Waals surface area contributed by atoms with Crippen LogP contribution >= 0.6 is 0 Å². The van der Waals surface area contributed by atoms with Crippen LogP contribution in [0.4, 0.5) is 0 Å². The summed E-state index contributed by atoms with van der Waals surface area (Å²) in [5, 5.41) is 3.52. The third kappa shape index (κ3) is 3.30. The Balaban J connectivity index is 2.31. The Morgan fingerprint density at radius 1 is 1.48 bits per heavy atom. The van der Waals surface area contributed by atoms with Gasteiger partial charge < -0.3 is 9.88 Å². The van der Waals surface area contributed by atoms with Crippen LogP contribution in [0.15, 0.2) is 11.2 Å². The van der Waals surface area contributed by atoms with Gasteiger partial charge in [0.05, 0.1) is 0 Å². The molecule has 21 heavy (non-hydrogen) atoms. The molecular formula is C14H26N4O2S. The van der Waals surface area contributed by atoms with E-state index in [1.165, 1.54) is 0 Å². The Morgan fingerprint density at radius 2 is 2.19 bits per heavy atom. The number of aromatic nitrogens is 2. The third-order valence-electron chi connectivity index (χ3n) is 4.26. The molecule has 2 atom stereocenters. The number of likely N-dealkylation sites (N-methyl/N-ethyl adjacent to an activating group) is 1. The number of sulfonamides is 1. The molecule has 0 spiro atoms. The first kappa shape index (κ1) is 16.5. The molecule has 120 valence electrons. The molecule has 1 N–H and O–H groups in total. The quantitative estimate of drug-likeness (QED) is 0.889. The van der Waals surface area contributed by atoms with Gasteiger partial charge in [-0.15, -0.1) is 0 Å². The highest BCUT2D eigenvalue weighted by Gasteiger charge is 2.37. The number of aryl methyl sites for hydroxylation is 2. The minimum Gasteiger partial charge on any atom is -0.337 e. The van der Waals surface area contributed by atoms with Gasteiger partial charge in [0.15, 0.2) is 5.03 Å². The Morgan fingerprint density at radius 3 is 2.76 bits per heavy atom. The molecule has 1 aromatic rings. The Kier molecular flexibility index (Phi) is 5.06. The predicted molar refractivity (Wildman–Crippen MR) is 82.6 cm³/mol. The van der Waals surface area contributed by atoms with E-state index in [4.69, 9.17) is 0 Å². The van der Waals surface area contributed by atoms with Crippen LogP contribution in [0, 0.1) is 6.92 Å². The normalized spacial score (nSPS) is 22.4. The Hall–Kier alpha value is -0.920. The molecule has 1 fully saturated rings. The second-order valence-corrected chi connectivity index (χ2v) is 7.60. The van der Waals surface area contributed by atoms with Crippen LogP contribution in [-0.4, -0.2) is 47.4 Å². The van der Waals surface area contributed by atoms with Gasteiger partial charge in [-0.1, -0.05) is 13.3 Å². The van der Waals surface area contributed by atoms with Crippen LogP contribution in [0.1, 0.15) is 38.9 Å². The number of hydrogen-bond donors (Lipinski definition) is 1. The molecular weight excluding hydrogens is 288 g/mol. The van der Waals surface area contributed by atoms with Crippen LogP contribution in [0.5, 0.6) is 0 Å². The first-order chi connectivity index (χ1) is 9.87. The molecule has 0 aromatic carbocycles. The SMILES string of the molecule is CCNC(C)C1CCCCN1S(=O)(=O)c1cn(C)c(C)n1. The Bertz CT molecular complexity index is 562. The number of imidazole rings is 1. The summed E-state index contributed by atoms with van der Waals surface area (Å²) in [6, 6.07) is 0.154. The molecule has 0 radical (unpaired) electrons. The van der Waals surface area contributed by atoms with E-state index in [0.29, 0.717) is 12.4 Å². The first-order valence-corrected chi connectivity index (χ1v) is 9.07. The second-order valence-electron chi connectivity index (χ2n) is 5.76. The van der Waals surface area contributed by atoms with Crippen molar-refractivity contribution in [3.8, 4) is 0 Å². The van der Waals surface area contributed by atoms with E-state index in [2.05, 4.69) is 17.2 Å². The monoisotopic (exact) mass is 314 g/mol. The number of rotatable bonds is 5.